The Morgan fingerprint density at radius 3 is 2.70 bits per heavy atom. The number of para-hydroxylation sites is 1. The number of aryl methyl sites for hydroxylation is 1. The summed E-state index contributed by atoms with van der Waals surface area (Å²) in [6.45, 7) is 2.11. The summed E-state index contributed by atoms with van der Waals surface area (Å²) < 4.78 is 0. The van der Waals surface area contributed by atoms with Crippen molar-refractivity contribution in [1.29, 1.82) is 0 Å². The second-order valence-corrected chi connectivity index (χ2v) is 4.82. The monoisotopic (exact) mass is 264 g/mol. The van der Waals surface area contributed by atoms with Crippen LogP contribution in [0.3, 0.4) is 0 Å². The number of nitrogens with zero attached hydrogens (tertiary/aromatic N) is 1. The molecular weight excluding hydrogens is 248 g/mol. The van der Waals surface area contributed by atoms with E-state index in [0.717, 1.165) is 35.0 Å². The van der Waals surface area contributed by atoms with E-state index < -0.39 is 0 Å². The Kier molecular flexibility index (Phi) is 3.33. The van der Waals surface area contributed by atoms with Crippen LogP contribution in [-0.4, -0.2) is 15.8 Å². The molecule has 0 amide bonds. The maximum Gasteiger partial charge on any atom is 0.213 e. The van der Waals surface area contributed by atoms with Gasteiger partial charge in [-0.05, 0) is 24.6 Å². The lowest BCUT2D eigenvalue weighted by molar-refractivity contribution is 0.103. The highest BCUT2D eigenvalue weighted by molar-refractivity contribution is 6.16. The molecule has 3 rings (SSSR count). The molecule has 3 aromatic rings. The number of nitrogens with one attached hydrogen (secondary N) is 1. The molecule has 0 aliphatic rings. The molecule has 20 heavy (non-hydrogen) atoms. The van der Waals surface area contributed by atoms with Crippen LogP contribution in [0.5, 0.6) is 0 Å². The molecule has 0 atom stereocenters. The first-order valence-electron chi connectivity index (χ1n) is 6.86. The molecule has 0 unspecified atom stereocenters. The molecule has 0 bridgehead atoms. The fourth-order valence-electron chi connectivity index (χ4n) is 2.52. The predicted octanol–water partition coefficient (Wildman–Crippen LogP) is 3.75. The van der Waals surface area contributed by atoms with E-state index in [0.29, 0.717) is 5.69 Å². The highest BCUT2D eigenvalue weighted by Gasteiger charge is 2.19. The zero-order valence-electron chi connectivity index (χ0n) is 11.4. The van der Waals surface area contributed by atoms with E-state index >= 15 is 0 Å². The molecule has 100 valence electrons. The number of aromatic nitrogens is 2. The Bertz CT molecular complexity index is 744. The molecule has 0 saturated carbocycles. The number of carbonyl (C=O) groups is 1. The predicted molar refractivity (Wildman–Crippen MR) is 80.0 cm³/mol. The fourth-order valence-corrected chi connectivity index (χ4v) is 2.52. The SMILES string of the molecule is CCCc1[nH]c2ccccc2c1C(=O)c1ccccn1. The van der Waals surface area contributed by atoms with Crippen LogP contribution < -0.4 is 0 Å². The van der Waals surface area contributed by atoms with Gasteiger partial charge in [0.2, 0.25) is 5.78 Å². The highest BCUT2D eigenvalue weighted by Crippen LogP contribution is 2.25. The summed E-state index contributed by atoms with van der Waals surface area (Å²) >= 11 is 0. The summed E-state index contributed by atoms with van der Waals surface area (Å²) in [5.41, 5.74) is 3.27. The lowest BCUT2D eigenvalue weighted by atomic mass is 10.0. The van der Waals surface area contributed by atoms with Crippen LogP contribution in [0.25, 0.3) is 10.9 Å². The van der Waals surface area contributed by atoms with Gasteiger partial charge in [-0.2, -0.15) is 0 Å². The van der Waals surface area contributed by atoms with Crippen LogP contribution in [0.4, 0.5) is 0 Å². The molecule has 2 aromatic heterocycles. The van der Waals surface area contributed by atoms with Crippen molar-refractivity contribution in [3.8, 4) is 0 Å². The lowest BCUT2D eigenvalue weighted by Crippen LogP contribution is -2.06. The van der Waals surface area contributed by atoms with Gasteiger partial charge in [0.1, 0.15) is 5.69 Å². The topological polar surface area (TPSA) is 45.8 Å². The minimum Gasteiger partial charge on any atom is -0.358 e. The third-order valence-electron chi connectivity index (χ3n) is 3.41. The van der Waals surface area contributed by atoms with Crippen LogP contribution in [0.1, 0.15) is 35.1 Å². The molecule has 0 spiro atoms. The molecule has 2 heterocycles. The van der Waals surface area contributed by atoms with Crippen molar-refractivity contribution >= 4 is 16.7 Å². The van der Waals surface area contributed by atoms with Gasteiger partial charge in [-0.15, -0.1) is 0 Å². The maximum atomic E-state index is 12.7. The Hall–Kier alpha value is -2.42. The zero-order chi connectivity index (χ0) is 13.9. The fraction of sp³-hybridized carbons (Fsp3) is 0.176. The van der Waals surface area contributed by atoms with Crippen LogP contribution in [0, 0.1) is 0 Å². The first kappa shape index (κ1) is 12.6. The van der Waals surface area contributed by atoms with Crippen molar-refractivity contribution in [2.75, 3.05) is 0 Å². The van der Waals surface area contributed by atoms with Crippen molar-refractivity contribution in [1.82, 2.24) is 9.97 Å². The Balaban J connectivity index is 2.18. The van der Waals surface area contributed by atoms with E-state index in [1.54, 1.807) is 12.3 Å². The van der Waals surface area contributed by atoms with Crippen molar-refractivity contribution in [3.63, 3.8) is 0 Å². The Morgan fingerprint density at radius 1 is 1.15 bits per heavy atom. The van der Waals surface area contributed by atoms with Gasteiger partial charge in [-0.1, -0.05) is 37.6 Å². The summed E-state index contributed by atoms with van der Waals surface area (Å²) in [5, 5.41) is 0.978. The van der Waals surface area contributed by atoms with Gasteiger partial charge in [0.25, 0.3) is 0 Å². The Morgan fingerprint density at radius 2 is 1.95 bits per heavy atom. The van der Waals surface area contributed by atoms with Crippen molar-refractivity contribution in [2.45, 2.75) is 19.8 Å². The summed E-state index contributed by atoms with van der Waals surface area (Å²) in [6.07, 6.45) is 3.51. The second-order valence-electron chi connectivity index (χ2n) is 4.82. The average molecular weight is 264 g/mol. The maximum absolute atomic E-state index is 12.7. The highest BCUT2D eigenvalue weighted by atomic mass is 16.1. The normalized spacial score (nSPS) is 10.8. The number of benzene rings is 1. The molecule has 0 fully saturated rings. The molecule has 3 heteroatoms. The first-order valence-corrected chi connectivity index (χ1v) is 6.86. The minimum atomic E-state index is -0.00787. The van der Waals surface area contributed by atoms with Crippen LogP contribution in [-0.2, 0) is 6.42 Å². The van der Waals surface area contributed by atoms with Gasteiger partial charge in [0.15, 0.2) is 0 Å². The minimum absolute atomic E-state index is 0.00787. The smallest absolute Gasteiger partial charge is 0.213 e. The van der Waals surface area contributed by atoms with E-state index in [2.05, 4.69) is 16.9 Å². The number of hydrogen-bond donors (Lipinski definition) is 1. The number of H-pyrrole nitrogens is 1. The van der Waals surface area contributed by atoms with Crippen LogP contribution >= 0.6 is 0 Å². The molecule has 0 aliphatic heterocycles. The van der Waals surface area contributed by atoms with Crippen molar-refractivity contribution in [2.24, 2.45) is 0 Å². The third kappa shape index (κ3) is 2.11. The first-order chi connectivity index (χ1) is 9.81. The number of carbonyl (C=O) groups excluding carboxylic acids is 1. The van der Waals surface area contributed by atoms with E-state index in [1.807, 2.05) is 36.4 Å². The van der Waals surface area contributed by atoms with Gasteiger partial charge in [0.05, 0.1) is 5.56 Å². The lowest BCUT2D eigenvalue weighted by Gasteiger charge is -2.02. The van der Waals surface area contributed by atoms with Gasteiger partial charge in [-0.3, -0.25) is 9.78 Å². The molecule has 3 nitrogen and oxygen atoms in total. The van der Waals surface area contributed by atoms with Crippen LogP contribution in [0.15, 0.2) is 48.7 Å². The number of aromatic amines is 1. The molecule has 1 aromatic carbocycles. The average Bonchev–Trinajstić information content (AvgIpc) is 2.86. The van der Waals surface area contributed by atoms with Gasteiger partial charge in [0, 0.05) is 22.8 Å². The van der Waals surface area contributed by atoms with Crippen molar-refractivity contribution < 1.29 is 4.79 Å². The summed E-state index contributed by atoms with van der Waals surface area (Å²) in [4.78, 5) is 20.3. The Labute approximate surface area is 117 Å². The summed E-state index contributed by atoms with van der Waals surface area (Å²) in [6, 6.07) is 13.4. The van der Waals surface area contributed by atoms with Gasteiger partial charge < -0.3 is 4.98 Å². The van der Waals surface area contributed by atoms with E-state index in [1.165, 1.54) is 0 Å². The standard InChI is InChI=1S/C17H16N2O/c1-2-7-14-16(12-8-3-4-9-13(12)19-14)17(20)15-10-5-6-11-18-15/h3-6,8-11,19H,2,7H2,1H3. The number of hydrogen-bond acceptors (Lipinski definition) is 2. The van der Waals surface area contributed by atoms with Crippen molar-refractivity contribution in [3.05, 3.63) is 65.6 Å². The molecule has 0 saturated heterocycles. The number of ketones is 1. The third-order valence-corrected chi connectivity index (χ3v) is 3.41. The zero-order valence-corrected chi connectivity index (χ0v) is 11.4. The van der Waals surface area contributed by atoms with E-state index in [-0.39, 0.29) is 5.78 Å². The largest absolute Gasteiger partial charge is 0.358 e. The number of pyridine rings is 1. The van der Waals surface area contributed by atoms with Gasteiger partial charge >= 0.3 is 0 Å². The molecule has 1 N–H and O–H groups in total. The van der Waals surface area contributed by atoms with E-state index in [4.69, 9.17) is 0 Å². The van der Waals surface area contributed by atoms with Crippen LogP contribution in [0.2, 0.25) is 0 Å². The molecule has 0 aliphatic carbocycles. The molecule has 0 radical (unpaired) electrons. The summed E-state index contributed by atoms with van der Waals surface area (Å²) in [7, 11) is 0. The quantitative estimate of drug-likeness (QED) is 0.729. The molecular formula is C17H16N2O. The number of rotatable bonds is 4. The number of fused-ring (bicyclic) bond motifs is 1. The summed E-state index contributed by atoms with van der Waals surface area (Å²) in [5.74, 6) is -0.00787. The van der Waals surface area contributed by atoms with E-state index in [9.17, 15) is 4.79 Å². The van der Waals surface area contributed by atoms with Gasteiger partial charge in [-0.25, -0.2) is 0 Å². The second kappa shape index (κ2) is 5.29.